The molecule has 0 spiro atoms. The van der Waals surface area contributed by atoms with Crippen molar-refractivity contribution in [2.45, 2.75) is 12.8 Å². The highest BCUT2D eigenvalue weighted by Crippen LogP contribution is 2.37. The van der Waals surface area contributed by atoms with E-state index in [-0.39, 0.29) is 5.75 Å². The first-order valence-electron chi connectivity index (χ1n) is 6.98. The van der Waals surface area contributed by atoms with Gasteiger partial charge in [0.1, 0.15) is 0 Å². The minimum absolute atomic E-state index is 0.133. The number of hydrogen-bond donors (Lipinski definition) is 1. The second-order valence-electron chi connectivity index (χ2n) is 4.91. The Kier molecular flexibility index (Phi) is 5.49. The lowest BCUT2D eigenvalue weighted by Gasteiger charge is -2.26. The van der Waals surface area contributed by atoms with Gasteiger partial charge in [-0.05, 0) is 37.1 Å². The Morgan fingerprint density at radius 2 is 1.95 bits per heavy atom. The third-order valence-electron chi connectivity index (χ3n) is 3.56. The van der Waals surface area contributed by atoms with Gasteiger partial charge in [-0.3, -0.25) is 4.90 Å². The van der Waals surface area contributed by atoms with Crippen molar-refractivity contribution >= 4 is 0 Å². The van der Waals surface area contributed by atoms with Crippen LogP contribution in [0.25, 0.3) is 0 Å². The maximum absolute atomic E-state index is 9.92. The first-order valence-corrected chi connectivity index (χ1v) is 6.98. The third kappa shape index (κ3) is 3.77. The van der Waals surface area contributed by atoms with Gasteiger partial charge in [0, 0.05) is 13.1 Å². The summed E-state index contributed by atoms with van der Waals surface area (Å²) in [5.74, 6) is 1.10. The van der Waals surface area contributed by atoms with Crippen LogP contribution < -0.4 is 9.47 Å². The molecule has 0 unspecified atom stereocenters. The molecule has 1 saturated heterocycles. The summed E-state index contributed by atoms with van der Waals surface area (Å²) in [7, 11) is 3.10. The number of aromatic hydroxyl groups is 1. The van der Waals surface area contributed by atoms with E-state index in [1.165, 1.54) is 7.11 Å². The zero-order valence-electron chi connectivity index (χ0n) is 12.2. The summed E-state index contributed by atoms with van der Waals surface area (Å²) in [5.41, 5.74) is 1.06. The normalized spacial score (nSPS) is 16.1. The smallest absolute Gasteiger partial charge is 0.203 e. The Morgan fingerprint density at radius 3 is 2.60 bits per heavy atom. The molecule has 112 valence electrons. The molecule has 1 heterocycles. The monoisotopic (exact) mass is 281 g/mol. The molecule has 20 heavy (non-hydrogen) atoms. The molecule has 1 aromatic rings. The van der Waals surface area contributed by atoms with Crippen molar-refractivity contribution in [1.29, 1.82) is 0 Å². The molecule has 0 amide bonds. The largest absolute Gasteiger partial charge is 0.504 e. The highest BCUT2D eigenvalue weighted by Gasteiger charge is 2.13. The van der Waals surface area contributed by atoms with E-state index in [0.717, 1.165) is 51.3 Å². The highest BCUT2D eigenvalue weighted by molar-refractivity contribution is 5.53. The maximum Gasteiger partial charge on any atom is 0.203 e. The summed E-state index contributed by atoms with van der Waals surface area (Å²) in [4.78, 5) is 2.41. The summed E-state index contributed by atoms with van der Waals surface area (Å²) in [6.07, 6.45) is 1.96. The lowest BCUT2D eigenvalue weighted by molar-refractivity contribution is 0.0374. The molecule has 0 bridgehead atoms. The SMILES string of the molecule is COc1cc(CCCN2CCOCC2)cc(O)c1OC. The van der Waals surface area contributed by atoms with Crippen LogP contribution in [0.5, 0.6) is 17.2 Å². The molecular weight excluding hydrogens is 258 g/mol. The molecule has 0 atom stereocenters. The number of ether oxygens (including phenoxy) is 3. The Morgan fingerprint density at radius 1 is 1.20 bits per heavy atom. The topological polar surface area (TPSA) is 51.2 Å². The first-order chi connectivity index (χ1) is 9.74. The van der Waals surface area contributed by atoms with Crippen LogP contribution in [0.2, 0.25) is 0 Å². The minimum atomic E-state index is 0.133. The van der Waals surface area contributed by atoms with Gasteiger partial charge in [-0.15, -0.1) is 0 Å². The molecular formula is C15H23NO4. The summed E-state index contributed by atoms with van der Waals surface area (Å²) in [6.45, 7) is 4.74. The number of morpholine rings is 1. The second-order valence-corrected chi connectivity index (χ2v) is 4.91. The van der Waals surface area contributed by atoms with Crippen molar-refractivity contribution in [2.75, 3.05) is 47.1 Å². The molecule has 1 aromatic carbocycles. The van der Waals surface area contributed by atoms with Gasteiger partial charge >= 0.3 is 0 Å². The number of methoxy groups -OCH3 is 2. The zero-order valence-corrected chi connectivity index (χ0v) is 12.2. The molecule has 0 saturated carbocycles. The lowest BCUT2D eigenvalue weighted by atomic mass is 10.1. The Labute approximate surface area is 120 Å². The van der Waals surface area contributed by atoms with Crippen molar-refractivity contribution in [3.63, 3.8) is 0 Å². The van der Waals surface area contributed by atoms with Gasteiger partial charge in [0.05, 0.1) is 27.4 Å². The average molecular weight is 281 g/mol. The Bertz CT molecular complexity index is 430. The van der Waals surface area contributed by atoms with Crippen LogP contribution in [0.15, 0.2) is 12.1 Å². The van der Waals surface area contributed by atoms with E-state index < -0.39 is 0 Å². The quantitative estimate of drug-likeness (QED) is 0.859. The molecule has 0 aliphatic carbocycles. The number of hydrogen-bond acceptors (Lipinski definition) is 5. The number of phenols is 1. The fourth-order valence-electron chi connectivity index (χ4n) is 2.48. The van der Waals surface area contributed by atoms with Crippen LogP contribution in [0.1, 0.15) is 12.0 Å². The third-order valence-corrected chi connectivity index (χ3v) is 3.56. The first kappa shape index (κ1) is 14.9. The molecule has 1 aliphatic rings. The van der Waals surface area contributed by atoms with Crippen LogP contribution in [0.4, 0.5) is 0 Å². The number of rotatable bonds is 6. The van der Waals surface area contributed by atoms with Crippen molar-refractivity contribution < 1.29 is 19.3 Å². The number of aryl methyl sites for hydroxylation is 1. The average Bonchev–Trinajstić information content (AvgIpc) is 2.47. The van der Waals surface area contributed by atoms with Crippen LogP contribution in [0, 0.1) is 0 Å². The van der Waals surface area contributed by atoms with E-state index in [9.17, 15) is 5.11 Å². The van der Waals surface area contributed by atoms with Crippen molar-refractivity contribution in [3.8, 4) is 17.2 Å². The van der Waals surface area contributed by atoms with Gasteiger partial charge in [-0.25, -0.2) is 0 Å². The molecule has 1 N–H and O–H groups in total. The second kappa shape index (κ2) is 7.36. The molecule has 2 rings (SSSR count). The van der Waals surface area contributed by atoms with Crippen LogP contribution >= 0.6 is 0 Å². The summed E-state index contributed by atoms with van der Waals surface area (Å²) >= 11 is 0. The van der Waals surface area contributed by atoms with Crippen LogP contribution in [-0.2, 0) is 11.2 Å². The minimum Gasteiger partial charge on any atom is -0.504 e. The predicted octanol–water partition coefficient (Wildman–Crippen LogP) is 1.67. The fourth-order valence-corrected chi connectivity index (χ4v) is 2.48. The standard InChI is InChI=1S/C15H23NO4/c1-18-14-11-12(10-13(17)15(14)19-2)4-3-5-16-6-8-20-9-7-16/h10-11,17H,3-9H2,1-2H3. The van der Waals surface area contributed by atoms with Gasteiger partial charge in [0.2, 0.25) is 5.75 Å². The van der Waals surface area contributed by atoms with Crippen LogP contribution in [0.3, 0.4) is 0 Å². The van der Waals surface area contributed by atoms with E-state index in [2.05, 4.69) is 4.90 Å². The van der Waals surface area contributed by atoms with Crippen molar-refractivity contribution in [3.05, 3.63) is 17.7 Å². The fraction of sp³-hybridized carbons (Fsp3) is 0.600. The van der Waals surface area contributed by atoms with Gasteiger partial charge < -0.3 is 19.3 Å². The maximum atomic E-state index is 9.92. The Hall–Kier alpha value is -1.46. The van der Waals surface area contributed by atoms with E-state index in [4.69, 9.17) is 14.2 Å². The number of benzene rings is 1. The van der Waals surface area contributed by atoms with Gasteiger partial charge in [0.15, 0.2) is 11.5 Å². The number of nitrogens with zero attached hydrogens (tertiary/aromatic N) is 1. The molecule has 0 aromatic heterocycles. The molecule has 1 fully saturated rings. The predicted molar refractivity (Wildman–Crippen MR) is 76.8 cm³/mol. The highest BCUT2D eigenvalue weighted by atomic mass is 16.5. The van der Waals surface area contributed by atoms with Crippen LogP contribution in [-0.4, -0.2) is 57.1 Å². The van der Waals surface area contributed by atoms with Crippen molar-refractivity contribution in [2.24, 2.45) is 0 Å². The van der Waals surface area contributed by atoms with E-state index in [1.807, 2.05) is 6.07 Å². The molecule has 5 nitrogen and oxygen atoms in total. The summed E-state index contributed by atoms with van der Waals surface area (Å²) in [5, 5.41) is 9.92. The molecule has 5 heteroatoms. The lowest BCUT2D eigenvalue weighted by Crippen LogP contribution is -2.36. The summed E-state index contributed by atoms with van der Waals surface area (Å²) in [6, 6.07) is 3.68. The van der Waals surface area contributed by atoms with Gasteiger partial charge in [0.25, 0.3) is 0 Å². The van der Waals surface area contributed by atoms with E-state index >= 15 is 0 Å². The summed E-state index contributed by atoms with van der Waals surface area (Å²) < 4.78 is 15.7. The van der Waals surface area contributed by atoms with E-state index in [0.29, 0.717) is 11.5 Å². The zero-order chi connectivity index (χ0) is 14.4. The number of phenolic OH excluding ortho intramolecular Hbond substituents is 1. The van der Waals surface area contributed by atoms with Gasteiger partial charge in [-0.2, -0.15) is 0 Å². The molecule has 1 aliphatic heterocycles. The van der Waals surface area contributed by atoms with Crippen molar-refractivity contribution in [1.82, 2.24) is 4.90 Å². The molecule has 0 radical (unpaired) electrons. The van der Waals surface area contributed by atoms with E-state index in [1.54, 1.807) is 13.2 Å². The van der Waals surface area contributed by atoms with Gasteiger partial charge in [-0.1, -0.05) is 0 Å². The Balaban J connectivity index is 1.90.